The van der Waals surface area contributed by atoms with Crippen LogP contribution in [0.15, 0.2) is 18.3 Å². The Hall–Kier alpha value is -1.92. The van der Waals surface area contributed by atoms with Gasteiger partial charge in [-0.05, 0) is 12.1 Å². The number of carbonyl (C=O) groups excluding carboxylic acids is 1. The lowest BCUT2D eigenvalue weighted by Crippen LogP contribution is -2.06. The maximum Gasteiger partial charge on any atom is 0.417 e. The van der Waals surface area contributed by atoms with Crippen LogP contribution in [0.25, 0.3) is 5.65 Å². The zero-order valence-corrected chi connectivity index (χ0v) is 7.90. The number of aldehydes is 1. The molecule has 0 N–H and O–H groups in total. The molecule has 2 aromatic heterocycles. The van der Waals surface area contributed by atoms with Gasteiger partial charge in [-0.2, -0.15) is 18.3 Å². The predicted octanol–water partition coefficient (Wildman–Crippen LogP) is 1.49. The molecule has 2 heterocycles. The fourth-order valence-corrected chi connectivity index (χ4v) is 1.26. The number of nitrogens with zero attached hydrogens (tertiary/aromatic N) is 3. The standard InChI is InChI=1S/C9H6F3N3O/c10-9(11,12)6-1-2-8-13-7(3-4-16)14-15(8)5-6/h1-2,4-5H,3H2. The molecule has 0 radical (unpaired) electrons. The molecular weight excluding hydrogens is 223 g/mol. The topological polar surface area (TPSA) is 47.3 Å². The van der Waals surface area contributed by atoms with Crippen LogP contribution in [0.4, 0.5) is 13.2 Å². The average molecular weight is 229 g/mol. The van der Waals surface area contributed by atoms with Crippen molar-refractivity contribution >= 4 is 11.9 Å². The molecular formula is C9H6F3N3O. The first-order valence-electron chi connectivity index (χ1n) is 4.37. The zero-order chi connectivity index (χ0) is 11.8. The summed E-state index contributed by atoms with van der Waals surface area (Å²) in [7, 11) is 0. The van der Waals surface area contributed by atoms with Crippen LogP contribution in [0, 0.1) is 0 Å². The van der Waals surface area contributed by atoms with E-state index >= 15 is 0 Å². The van der Waals surface area contributed by atoms with Crippen molar-refractivity contribution in [2.45, 2.75) is 12.6 Å². The van der Waals surface area contributed by atoms with Crippen molar-refractivity contribution in [1.29, 1.82) is 0 Å². The van der Waals surface area contributed by atoms with Crippen molar-refractivity contribution in [2.24, 2.45) is 0 Å². The number of alkyl halides is 3. The molecule has 0 bridgehead atoms. The highest BCUT2D eigenvalue weighted by molar-refractivity contribution is 5.53. The summed E-state index contributed by atoms with van der Waals surface area (Å²) in [5.74, 6) is 0.203. The molecule has 84 valence electrons. The Morgan fingerprint density at radius 2 is 2.12 bits per heavy atom. The molecule has 0 aliphatic heterocycles. The van der Waals surface area contributed by atoms with Gasteiger partial charge in [0.1, 0.15) is 6.29 Å². The van der Waals surface area contributed by atoms with E-state index in [2.05, 4.69) is 10.1 Å². The highest BCUT2D eigenvalue weighted by Gasteiger charge is 2.31. The third kappa shape index (κ3) is 1.88. The Morgan fingerprint density at radius 1 is 1.38 bits per heavy atom. The Labute approximate surface area is 87.7 Å². The average Bonchev–Trinajstić information content (AvgIpc) is 2.57. The lowest BCUT2D eigenvalue weighted by molar-refractivity contribution is -0.137. The second-order valence-corrected chi connectivity index (χ2v) is 3.12. The van der Waals surface area contributed by atoms with Gasteiger partial charge in [-0.3, -0.25) is 0 Å². The highest BCUT2D eigenvalue weighted by atomic mass is 19.4. The molecule has 0 aliphatic rings. The van der Waals surface area contributed by atoms with Gasteiger partial charge < -0.3 is 4.79 Å². The van der Waals surface area contributed by atoms with Crippen LogP contribution in [0.3, 0.4) is 0 Å². The SMILES string of the molecule is O=CCc1nc2ccc(C(F)(F)F)cn2n1. The van der Waals surface area contributed by atoms with Gasteiger partial charge in [0, 0.05) is 6.20 Å². The second-order valence-electron chi connectivity index (χ2n) is 3.12. The maximum atomic E-state index is 12.4. The van der Waals surface area contributed by atoms with Crippen LogP contribution >= 0.6 is 0 Å². The smallest absolute Gasteiger partial charge is 0.303 e. The first-order chi connectivity index (χ1) is 7.50. The molecule has 0 unspecified atom stereocenters. The quantitative estimate of drug-likeness (QED) is 0.733. The fraction of sp³-hybridized carbons (Fsp3) is 0.222. The Balaban J connectivity index is 2.49. The molecule has 16 heavy (non-hydrogen) atoms. The number of hydrogen-bond donors (Lipinski definition) is 0. The van der Waals surface area contributed by atoms with Crippen LogP contribution in [0.5, 0.6) is 0 Å². The van der Waals surface area contributed by atoms with Crippen LogP contribution in [0.1, 0.15) is 11.4 Å². The predicted molar refractivity (Wildman–Crippen MR) is 47.8 cm³/mol. The molecule has 0 atom stereocenters. The number of pyridine rings is 1. The van der Waals surface area contributed by atoms with Crippen molar-refractivity contribution in [3.8, 4) is 0 Å². The van der Waals surface area contributed by atoms with E-state index in [1.54, 1.807) is 0 Å². The summed E-state index contributed by atoms with van der Waals surface area (Å²) in [5, 5.41) is 3.75. The Bertz CT molecular complexity index is 532. The number of aromatic nitrogens is 3. The Kier molecular flexibility index (Phi) is 2.37. The van der Waals surface area contributed by atoms with Crippen LogP contribution in [0.2, 0.25) is 0 Å². The van der Waals surface area contributed by atoms with Gasteiger partial charge in [0.25, 0.3) is 0 Å². The molecule has 0 saturated heterocycles. The monoisotopic (exact) mass is 229 g/mol. The number of carbonyl (C=O) groups is 1. The van der Waals surface area contributed by atoms with Crippen molar-refractivity contribution in [3.05, 3.63) is 29.7 Å². The zero-order valence-electron chi connectivity index (χ0n) is 7.90. The molecule has 2 aromatic rings. The van der Waals surface area contributed by atoms with Gasteiger partial charge in [-0.15, -0.1) is 0 Å². The summed E-state index contributed by atoms with van der Waals surface area (Å²) in [5.41, 5.74) is -0.521. The minimum Gasteiger partial charge on any atom is -0.303 e. The molecule has 0 amide bonds. The molecule has 2 rings (SSSR count). The lowest BCUT2D eigenvalue weighted by atomic mass is 10.3. The molecule has 0 fully saturated rings. The third-order valence-corrected chi connectivity index (χ3v) is 1.97. The van der Waals surface area contributed by atoms with Crippen LogP contribution in [-0.4, -0.2) is 20.9 Å². The van der Waals surface area contributed by atoms with E-state index in [-0.39, 0.29) is 17.9 Å². The van der Waals surface area contributed by atoms with E-state index in [0.717, 1.165) is 16.8 Å². The summed E-state index contributed by atoms with van der Waals surface area (Å²) in [4.78, 5) is 14.1. The summed E-state index contributed by atoms with van der Waals surface area (Å²) in [6.45, 7) is 0. The van der Waals surface area contributed by atoms with Gasteiger partial charge in [-0.25, -0.2) is 9.50 Å². The third-order valence-electron chi connectivity index (χ3n) is 1.97. The van der Waals surface area contributed by atoms with Crippen molar-refractivity contribution in [3.63, 3.8) is 0 Å². The summed E-state index contributed by atoms with van der Waals surface area (Å²) < 4.78 is 38.1. The van der Waals surface area contributed by atoms with Gasteiger partial charge >= 0.3 is 6.18 Å². The molecule has 0 aliphatic carbocycles. The van der Waals surface area contributed by atoms with E-state index in [9.17, 15) is 18.0 Å². The first-order valence-corrected chi connectivity index (χ1v) is 4.37. The van der Waals surface area contributed by atoms with Gasteiger partial charge in [-0.1, -0.05) is 0 Å². The van der Waals surface area contributed by atoms with Crippen molar-refractivity contribution in [2.75, 3.05) is 0 Å². The molecule has 4 nitrogen and oxygen atoms in total. The molecule has 0 aromatic carbocycles. The normalized spacial score (nSPS) is 11.9. The fourth-order valence-electron chi connectivity index (χ4n) is 1.26. The first kappa shape index (κ1) is 10.6. The van der Waals surface area contributed by atoms with Crippen LogP contribution in [-0.2, 0) is 17.4 Å². The second kappa shape index (κ2) is 3.58. The molecule has 0 spiro atoms. The maximum absolute atomic E-state index is 12.4. The molecule has 0 saturated carbocycles. The summed E-state index contributed by atoms with van der Waals surface area (Å²) in [6.07, 6.45) is -2.98. The van der Waals surface area contributed by atoms with E-state index in [1.807, 2.05) is 0 Å². The highest BCUT2D eigenvalue weighted by Crippen LogP contribution is 2.28. The van der Waals surface area contributed by atoms with Gasteiger partial charge in [0.2, 0.25) is 0 Å². The number of halogens is 3. The van der Waals surface area contributed by atoms with E-state index < -0.39 is 11.7 Å². The summed E-state index contributed by atoms with van der Waals surface area (Å²) in [6, 6.07) is 2.14. The Morgan fingerprint density at radius 3 is 2.75 bits per heavy atom. The van der Waals surface area contributed by atoms with E-state index in [4.69, 9.17) is 0 Å². The number of fused-ring (bicyclic) bond motifs is 1. The van der Waals surface area contributed by atoms with Crippen LogP contribution < -0.4 is 0 Å². The minimum atomic E-state index is -4.41. The molecule has 7 heteroatoms. The number of hydrogen-bond acceptors (Lipinski definition) is 3. The van der Waals surface area contributed by atoms with E-state index in [1.165, 1.54) is 6.07 Å². The minimum absolute atomic E-state index is 0.0109. The van der Waals surface area contributed by atoms with E-state index in [0.29, 0.717) is 6.29 Å². The largest absolute Gasteiger partial charge is 0.417 e. The van der Waals surface area contributed by atoms with Gasteiger partial charge in [0.05, 0.1) is 12.0 Å². The summed E-state index contributed by atoms with van der Waals surface area (Å²) >= 11 is 0. The van der Waals surface area contributed by atoms with Crippen molar-refractivity contribution < 1.29 is 18.0 Å². The van der Waals surface area contributed by atoms with Crippen molar-refractivity contribution in [1.82, 2.24) is 14.6 Å². The number of rotatable bonds is 2. The van der Waals surface area contributed by atoms with Gasteiger partial charge in [0.15, 0.2) is 11.5 Å². The lowest BCUT2D eigenvalue weighted by Gasteiger charge is -2.05.